The van der Waals surface area contributed by atoms with Crippen LogP contribution in [0, 0.1) is 0 Å². The van der Waals surface area contributed by atoms with Gasteiger partial charge in [0.05, 0.1) is 45.5 Å². The summed E-state index contributed by atoms with van der Waals surface area (Å²) >= 11 is 25.0. The summed E-state index contributed by atoms with van der Waals surface area (Å²) in [5.41, 5.74) is 4.28. The topological polar surface area (TPSA) is 112 Å². The van der Waals surface area contributed by atoms with E-state index in [1.54, 1.807) is 30.3 Å². The number of nitrogens with one attached hydrogen (secondary N) is 3. The fourth-order valence-electron chi connectivity index (χ4n) is 5.12. The van der Waals surface area contributed by atoms with Crippen molar-refractivity contribution < 1.29 is 14.3 Å². The molecule has 0 aliphatic carbocycles. The third-order valence-electron chi connectivity index (χ3n) is 7.53. The minimum Gasteiger partial charge on any atom is -0.449 e. The first-order valence-corrected chi connectivity index (χ1v) is 17.4. The van der Waals surface area contributed by atoms with Crippen LogP contribution in [0.3, 0.4) is 0 Å². The number of hydrogen-bond donors (Lipinski definition) is 3. The molecule has 4 rings (SSSR count). The molecule has 0 bridgehead atoms. The molecule has 2 aromatic carbocycles. The highest BCUT2D eigenvalue weighted by atomic mass is 35.5. The van der Waals surface area contributed by atoms with Crippen molar-refractivity contribution >= 4 is 81.4 Å². The first-order valence-electron chi connectivity index (χ1n) is 15.9. The summed E-state index contributed by atoms with van der Waals surface area (Å²) in [4.78, 5) is 37.1. The lowest BCUT2D eigenvalue weighted by atomic mass is 10.1. The zero-order valence-corrected chi connectivity index (χ0v) is 29.0. The highest BCUT2D eigenvalue weighted by molar-refractivity contribution is 6.41. The second kappa shape index (κ2) is 18.4. The van der Waals surface area contributed by atoms with E-state index in [0.29, 0.717) is 61.1 Å². The maximum absolute atomic E-state index is 12.8. The SMILES string of the molecule is CCCCCCCCCCCCCCOC(=O)Nc1ccc(Cl)c(N=C2CC(=O)N(c3cnc(-c4c(Cl)cc(Cl)cc4Cl)[nH]3)N2)c1. The largest absolute Gasteiger partial charge is 0.449 e. The lowest BCUT2D eigenvalue weighted by Gasteiger charge is -2.13. The predicted molar refractivity (Wildman–Crippen MR) is 189 cm³/mol. The van der Waals surface area contributed by atoms with Crippen LogP contribution in [0.25, 0.3) is 11.4 Å². The quantitative estimate of drug-likeness (QED) is 0.121. The van der Waals surface area contributed by atoms with Crippen LogP contribution in [0.1, 0.15) is 90.4 Å². The standard InChI is InChI=1S/C33H40Cl4N6O3/c1-2-3-4-5-6-7-8-9-10-11-12-13-16-46-33(45)39-23-14-15-24(35)27(19-23)40-28-20-30(44)43(42-28)29-21-38-32(41-29)31-25(36)17-22(34)18-26(31)37/h14-15,17-19,21H,2-13,16,20H2,1H3,(H,38,41)(H,39,45)(H,40,42). The van der Waals surface area contributed by atoms with Crippen molar-refractivity contribution in [1.82, 2.24) is 15.4 Å². The number of rotatable bonds is 17. The van der Waals surface area contributed by atoms with Gasteiger partial charge in [-0.1, -0.05) is 124 Å². The van der Waals surface area contributed by atoms with E-state index in [1.165, 1.54) is 69.0 Å². The number of aromatic nitrogens is 2. The summed E-state index contributed by atoms with van der Waals surface area (Å²) in [6.45, 7) is 2.61. The maximum Gasteiger partial charge on any atom is 0.411 e. The molecule has 2 heterocycles. The molecule has 3 N–H and O–H groups in total. The lowest BCUT2D eigenvalue weighted by Crippen LogP contribution is -2.36. The van der Waals surface area contributed by atoms with Gasteiger partial charge in [0.1, 0.15) is 11.7 Å². The monoisotopic (exact) mass is 708 g/mol. The molecular weight excluding hydrogens is 670 g/mol. The number of halogens is 4. The number of hydrazine groups is 1. The summed E-state index contributed by atoms with van der Waals surface area (Å²) in [5.74, 6) is 0.824. The average Bonchev–Trinajstić information content (AvgIpc) is 3.63. The van der Waals surface area contributed by atoms with Gasteiger partial charge in [0.15, 0.2) is 5.82 Å². The van der Waals surface area contributed by atoms with E-state index in [-0.39, 0.29) is 12.3 Å². The van der Waals surface area contributed by atoms with Crippen LogP contribution < -0.4 is 15.8 Å². The van der Waals surface area contributed by atoms with Gasteiger partial charge >= 0.3 is 6.09 Å². The van der Waals surface area contributed by atoms with Gasteiger partial charge < -0.3 is 9.72 Å². The molecule has 248 valence electrons. The lowest BCUT2D eigenvalue weighted by molar-refractivity contribution is -0.117. The highest BCUT2D eigenvalue weighted by Crippen LogP contribution is 2.36. The van der Waals surface area contributed by atoms with E-state index in [1.807, 2.05) is 0 Å². The fourth-order valence-corrected chi connectivity index (χ4v) is 6.27. The van der Waals surface area contributed by atoms with E-state index in [2.05, 4.69) is 32.6 Å². The van der Waals surface area contributed by atoms with Crippen molar-refractivity contribution in [2.24, 2.45) is 4.99 Å². The third kappa shape index (κ3) is 10.8. The molecule has 9 nitrogen and oxygen atoms in total. The van der Waals surface area contributed by atoms with E-state index in [0.717, 1.165) is 19.3 Å². The Morgan fingerprint density at radius 2 is 1.54 bits per heavy atom. The number of nitrogens with zero attached hydrogens (tertiary/aromatic N) is 3. The summed E-state index contributed by atoms with van der Waals surface area (Å²) in [5, 5.41) is 5.39. The van der Waals surface area contributed by atoms with Crippen LogP contribution in [0.15, 0.2) is 41.5 Å². The van der Waals surface area contributed by atoms with E-state index in [4.69, 9.17) is 51.1 Å². The number of anilines is 2. The van der Waals surface area contributed by atoms with Crippen LogP contribution >= 0.6 is 46.4 Å². The highest BCUT2D eigenvalue weighted by Gasteiger charge is 2.29. The normalized spacial score (nSPS) is 13.8. The number of amidine groups is 1. The number of H-pyrrole nitrogens is 1. The summed E-state index contributed by atoms with van der Waals surface area (Å²) in [6.07, 6.45) is 15.8. The van der Waals surface area contributed by atoms with E-state index < -0.39 is 6.09 Å². The molecule has 1 aliphatic rings. The zero-order chi connectivity index (χ0) is 32.9. The van der Waals surface area contributed by atoms with Crippen molar-refractivity contribution in [2.45, 2.75) is 90.4 Å². The summed E-state index contributed by atoms with van der Waals surface area (Å²) in [7, 11) is 0. The maximum atomic E-state index is 12.8. The Balaban J connectivity index is 1.22. The molecule has 13 heteroatoms. The molecule has 0 saturated carbocycles. The Kier molecular flexibility index (Phi) is 14.3. The summed E-state index contributed by atoms with van der Waals surface area (Å²) < 4.78 is 5.36. The van der Waals surface area contributed by atoms with Gasteiger partial charge in [0.2, 0.25) is 0 Å². The van der Waals surface area contributed by atoms with E-state index in [9.17, 15) is 9.59 Å². The minimum atomic E-state index is -0.541. The Bertz CT molecular complexity index is 1490. The van der Waals surface area contributed by atoms with Crippen LogP contribution in [0.2, 0.25) is 20.1 Å². The number of unbranched alkanes of at least 4 members (excludes halogenated alkanes) is 11. The van der Waals surface area contributed by atoms with Gasteiger partial charge in [0.25, 0.3) is 5.91 Å². The fraction of sp³-hybridized carbons (Fsp3) is 0.455. The average molecular weight is 711 g/mol. The molecule has 0 unspecified atom stereocenters. The molecule has 0 atom stereocenters. The van der Waals surface area contributed by atoms with Gasteiger partial charge in [-0.3, -0.25) is 15.5 Å². The number of aromatic amines is 1. The van der Waals surface area contributed by atoms with Gasteiger partial charge in [-0.2, -0.15) is 0 Å². The molecule has 1 aliphatic heterocycles. The summed E-state index contributed by atoms with van der Waals surface area (Å²) in [6, 6.07) is 8.02. The smallest absolute Gasteiger partial charge is 0.411 e. The first kappa shape index (κ1) is 35.9. The van der Waals surface area contributed by atoms with Crippen LogP contribution in [-0.2, 0) is 9.53 Å². The van der Waals surface area contributed by atoms with Crippen LogP contribution in [0.5, 0.6) is 0 Å². The Hall–Kier alpha value is -2.98. The number of benzene rings is 2. The molecule has 1 fully saturated rings. The minimum absolute atomic E-state index is 0.00805. The zero-order valence-electron chi connectivity index (χ0n) is 25.9. The van der Waals surface area contributed by atoms with Crippen LogP contribution in [-0.4, -0.2) is 34.4 Å². The van der Waals surface area contributed by atoms with E-state index >= 15 is 0 Å². The van der Waals surface area contributed by atoms with Crippen molar-refractivity contribution in [3.05, 3.63) is 56.6 Å². The molecule has 1 aromatic heterocycles. The molecule has 46 heavy (non-hydrogen) atoms. The third-order valence-corrected chi connectivity index (χ3v) is 8.67. The number of hydrogen-bond acceptors (Lipinski definition) is 5. The Labute approximate surface area is 290 Å². The Morgan fingerprint density at radius 1 is 0.913 bits per heavy atom. The van der Waals surface area contributed by atoms with Gasteiger partial charge in [-0.05, 0) is 36.8 Å². The van der Waals surface area contributed by atoms with Crippen molar-refractivity contribution in [2.75, 3.05) is 16.9 Å². The number of amides is 2. The molecular formula is C33H40Cl4N6O3. The molecule has 0 radical (unpaired) electrons. The Morgan fingerprint density at radius 3 is 2.20 bits per heavy atom. The molecule has 0 spiro atoms. The number of ether oxygens (including phenoxy) is 1. The molecule has 2 amide bonds. The second-order valence-corrected chi connectivity index (χ2v) is 12.9. The number of carbonyl (C=O) groups is 2. The van der Waals surface area contributed by atoms with Crippen molar-refractivity contribution in [3.63, 3.8) is 0 Å². The number of imidazole rings is 1. The van der Waals surface area contributed by atoms with Crippen molar-refractivity contribution in [1.29, 1.82) is 0 Å². The van der Waals surface area contributed by atoms with Crippen LogP contribution in [0.4, 0.5) is 22.0 Å². The number of carbonyl (C=O) groups excluding carboxylic acids is 2. The molecule has 1 saturated heterocycles. The van der Waals surface area contributed by atoms with Gasteiger partial charge in [-0.15, -0.1) is 0 Å². The molecule has 3 aromatic rings. The van der Waals surface area contributed by atoms with Gasteiger partial charge in [-0.25, -0.2) is 19.8 Å². The number of aliphatic imine (C=N–C) groups is 1. The first-order chi connectivity index (χ1) is 22.2. The van der Waals surface area contributed by atoms with Gasteiger partial charge in [0, 0.05) is 10.7 Å². The van der Waals surface area contributed by atoms with Crippen molar-refractivity contribution in [3.8, 4) is 11.4 Å². The predicted octanol–water partition coefficient (Wildman–Crippen LogP) is 10.9. The second-order valence-electron chi connectivity index (χ2n) is 11.3.